The van der Waals surface area contributed by atoms with E-state index in [-0.39, 0.29) is 12.5 Å². The summed E-state index contributed by atoms with van der Waals surface area (Å²) in [6.45, 7) is 0.764. The van der Waals surface area contributed by atoms with Crippen LogP contribution in [0.4, 0.5) is 0 Å². The quantitative estimate of drug-likeness (QED) is 0.857. The number of ether oxygens (including phenoxy) is 1. The van der Waals surface area contributed by atoms with Gasteiger partial charge in [-0.3, -0.25) is 0 Å². The number of rotatable bonds is 5. The molecule has 0 saturated heterocycles. The van der Waals surface area contributed by atoms with Gasteiger partial charge in [0, 0.05) is 12.5 Å². The second-order valence-corrected chi connectivity index (χ2v) is 4.78. The van der Waals surface area contributed by atoms with Crippen LogP contribution in [0.1, 0.15) is 19.3 Å². The summed E-state index contributed by atoms with van der Waals surface area (Å²) in [5, 5.41) is 9.93. The third kappa shape index (κ3) is 2.69. The monoisotopic (exact) mass is 240 g/mol. The minimum atomic E-state index is 0.203. The molecule has 0 bridgehead atoms. The lowest BCUT2D eigenvalue weighted by Gasteiger charge is -2.32. The second-order valence-electron chi connectivity index (χ2n) is 4.38. The minimum absolute atomic E-state index is 0.203. The van der Waals surface area contributed by atoms with Gasteiger partial charge >= 0.3 is 0 Å². The van der Waals surface area contributed by atoms with Crippen LogP contribution >= 0.6 is 11.6 Å². The maximum Gasteiger partial charge on any atom is 0.137 e. The lowest BCUT2D eigenvalue weighted by Crippen LogP contribution is -2.29. The van der Waals surface area contributed by atoms with Crippen molar-refractivity contribution in [3.8, 4) is 5.75 Å². The van der Waals surface area contributed by atoms with E-state index < -0.39 is 0 Å². The fourth-order valence-electron chi connectivity index (χ4n) is 2.01. The van der Waals surface area contributed by atoms with Gasteiger partial charge in [0.2, 0.25) is 0 Å². The molecule has 1 saturated carbocycles. The highest BCUT2D eigenvalue weighted by Gasteiger charge is 2.27. The molecule has 16 heavy (non-hydrogen) atoms. The molecule has 0 radical (unpaired) electrons. The number of hydrogen-bond acceptors (Lipinski definition) is 2. The Morgan fingerprint density at radius 3 is 2.69 bits per heavy atom. The molecule has 1 unspecified atom stereocenters. The predicted octanol–water partition coefficient (Wildman–Crippen LogP) is 3.13. The van der Waals surface area contributed by atoms with Crippen LogP contribution in [0.15, 0.2) is 24.3 Å². The molecule has 2 rings (SSSR count). The molecule has 1 atom stereocenters. The second kappa shape index (κ2) is 5.55. The first-order chi connectivity index (χ1) is 7.81. The summed E-state index contributed by atoms with van der Waals surface area (Å²) in [5.41, 5.74) is 0. The molecular formula is C13H17ClO2. The third-order valence-electron chi connectivity index (χ3n) is 3.34. The van der Waals surface area contributed by atoms with Crippen LogP contribution in [0.5, 0.6) is 5.75 Å². The molecule has 0 spiro atoms. The number of benzene rings is 1. The van der Waals surface area contributed by atoms with Crippen LogP contribution in [0, 0.1) is 11.8 Å². The molecule has 2 nitrogen and oxygen atoms in total. The molecule has 1 aliphatic rings. The van der Waals surface area contributed by atoms with Gasteiger partial charge in [-0.05, 0) is 30.9 Å². The first kappa shape index (κ1) is 11.7. The molecule has 3 heteroatoms. The summed E-state index contributed by atoms with van der Waals surface area (Å²) in [6.07, 6.45) is 3.72. The maximum absolute atomic E-state index is 9.30. The zero-order valence-corrected chi connectivity index (χ0v) is 9.99. The number of para-hydroxylation sites is 1. The molecule has 1 aromatic rings. The lowest BCUT2D eigenvalue weighted by atomic mass is 9.76. The van der Waals surface area contributed by atoms with Gasteiger partial charge < -0.3 is 9.84 Å². The Morgan fingerprint density at radius 1 is 1.38 bits per heavy atom. The van der Waals surface area contributed by atoms with Gasteiger partial charge in [-0.15, -0.1) is 0 Å². The molecule has 1 aliphatic carbocycles. The fraction of sp³-hybridized carbons (Fsp3) is 0.538. The van der Waals surface area contributed by atoms with Crippen LogP contribution in [-0.4, -0.2) is 18.3 Å². The van der Waals surface area contributed by atoms with Crippen molar-refractivity contribution in [2.75, 3.05) is 13.2 Å². The van der Waals surface area contributed by atoms with E-state index in [4.69, 9.17) is 16.3 Å². The van der Waals surface area contributed by atoms with E-state index in [1.165, 1.54) is 19.3 Å². The molecular weight excluding hydrogens is 224 g/mol. The van der Waals surface area contributed by atoms with Crippen molar-refractivity contribution in [3.05, 3.63) is 29.3 Å². The molecule has 88 valence electrons. The molecule has 0 heterocycles. The Morgan fingerprint density at radius 2 is 2.12 bits per heavy atom. The highest BCUT2D eigenvalue weighted by atomic mass is 35.5. The number of hydrogen-bond donors (Lipinski definition) is 1. The van der Waals surface area contributed by atoms with Gasteiger partial charge in [-0.2, -0.15) is 0 Å². The molecule has 1 aromatic carbocycles. The van der Waals surface area contributed by atoms with E-state index in [2.05, 4.69) is 0 Å². The van der Waals surface area contributed by atoms with Crippen molar-refractivity contribution in [1.82, 2.24) is 0 Å². The fourth-order valence-corrected chi connectivity index (χ4v) is 2.20. The average molecular weight is 241 g/mol. The minimum Gasteiger partial charge on any atom is -0.492 e. The summed E-state index contributed by atoms with van der Waals surface area (Å²) < 4.78 is 5.65. The van der Waals surface area contributed by atoms with Crippen LogP contribution in [0.2, 0.25) is 5.02 Å². The van der Waals surface area contributed by atoms with Crippen LogP contribution < -0.4 is 4.74 Å². The van der Waals surface area contributed by atoms with Gasteiger partial charge in [0.25, 0.3) is 0 Å². The van der Waals surface area contributed by atoms with Crippen molar-refractivity contribution in [2.24, 2.45) is 11.8 Å². The van der Waals surface area contributed by atoms with Crippen LogP contribution in [-0.2, 0) is 0 Å². The van der Waals surface area contributed by atoms with E-state index in [0.717, 1.165) is 0 Å². The highest BCUT2D eigenvalue weighted by Crippen LogP contribution is 2.34. The van der Waals surface area contributed by atoms with E-state index in [1.807, 2.05) is 24.3 Å². The summed E-state index contributed by atoms with van der Waals surface area (Å²) in [5.74, 6) is 1.60. The first-order valence-corrected chi connectivity index (χ1v) is 6.17. The summed E-state index contributed by atoms with van der Waals surface area (Å²) >= 11 is 5.99. The van der Waals surface area contributed by atoms with Crippen molar-refractivity contribution in [1.29, 1.82) is 0 Å². The maximum atomic E-state index is 9.30. The van der Waals surface area contributed by atoms with Gasteiger partial charge in [0.05, 0.1) is 11.6 Å². The first-order valence-electron chi connectivity index (χ1n) is 5.79. The third-order valence-corrected chi connectivity index (χ3v) is 3.65. The Labute approximate surface area is 101 Å². The van der Waals surface area contributed by atoms with Crippen molar-refractivity contribution in [3.63, 3.8) is 0 Å². The van der Waals surface area contributed by atoms with Crippen molar-refractivity contribution in [2.45, 2.75) is 19.3 Å². The number of aliphatic hydroxyl groups excluding tert-OH is 1. The number of aliphatic hydroxyl groups is 1. The van der Waals surface area contributed by atoms with Crippen LogP contribution in [0.25, 0.3) is 0 Å². The smallest absolute Gasteiger partial charge is 0.137 e. The van der Waals surface area contributed by atoms with E-state index in [9.17, 15) is 5.11 Å². The Bertz CT molecular complexity index is 336. The lowest BCUT2D eigenvalue weighted by molar-refractivity contribution is 0.0796. The normalized spacial score (nSPS) is 17.9. The van der Waals surface area contributed by atoms with Gasteiger partial charge in [0.1, 0.15) is 5.75 Å². The predicted molar refractivity (Wildman–Crippen MR) is 64.9 cm³/mol. The van der Waals surface area contributed by atoms with Gasteiger partial charge in [-0.1, -0.05) is 30.2 Å². The van der Waals surface area contributed by atoms with Gasteiger partial charge in [-0.25, -0.2) is 0 Å². The standard InChI is InChI=1S/C13H17ClO2/c14-12-6-1-2-7-13(12)16-9-11(8-15)10-4-3-5-10/h1-2,6-7,10-11,15H,3-5,8-9H2. The molecule has 1 fully saturated rings. The zero-order valence-electron chi connectivity index (χ0n) is 9.23. The Balaban J connectivity index is 1.88. The van der Waals surface area contributed by atoms with Crippen molar-refractivity contribution < 1.29 is 9.84 Å². The Kier molecular flexibility index (Phi) is 4.08. The summed E-state index contributed by atoms with van der Waals surface area (Å²) in [4.78, 5) is 0. The van der Waals surface area contributed by atoms with E-state index >= 15 is 0 Å². The van der Waals surface area contributed by atoms with E-state index in [0.29, 0.717) is 23.3 Å². The number of halogens is 1. The molecule has 0 aromatic heterocycles. The van der Waals surface area contributed by atoms with Crippen molar-refractivity contribution >= 4 is 11.6 Å². The summed E-state index contributed by atoms with van der Waals surface area (Å²) in [7, 11) is 0. The average Bonchev–Trinajstić information content (AvgIpc) is 2.23. The molecule has 0 amide bonds. The zero-order chi connectivity index (χ0) is 11.4. The van der Waals surface area contributed by atoms with Crippen LogP contribution in [0.3, 0.4) is 0 Å². The largest absolute Gasteiger partial charge is 0.492 e. The molecule has 0 aliphatic heterocycles. The summed E-state index contributed by atoms with van der Waals surface area (Å²) in [6, 6.07) is 7.45. The highest BCUT2D eigenvalue weighted by molar-refractivity contribution is 6.32. The van der Waals surface area contributed by atoms with Gasteiger partial charge in [0.15, 0.2) is 0 Å². The topological polar surface area (TPSA) is 29.5 Å². The molecule has 1 N–H and O–H groups in total. The van der Waals surface area contributed by atoms with E-state index in [1.54, 1.807) is 0 Å². The Hall–Kier alpha value is -0.730. The SMILES string of the molecule is OCC(COc1ccccc1Cl)C1CCC1.